The van der Waals surface area contributed by atoms with Crippen LogP contribution in [0, 0.1) is 0 Å². The number of methoxy groups -OCH3 is 2. The van der Waals surface area contributed by atoms with Crippen LogP contribution in [0.2, 0.25) is 0 Å². The van der Waals surface area contributed by atoms with Gasteiger partial charge in [-0.15, -0.1) is 0 Å². The van der Waals surface area contributed by atoms with Gasteiger partial charge in [-0.05, 0) is 18.2 Å². The van der Waals surface area contributed by atoms with Crippen LogP contribution in [0.15, 0.2) is 18.2 Å². The van der Waals surface area contributed by atoms with Crippen molar-refractivity contribution in [3.05, 3.63) is 23.9 Å². The number of carbonyl (C=O) groups excluding carboxylic acids is 1. The van der Waals surface area contributed by atoms with E-state index < -0.39 is 0 Å². The van der Waals surface area contributed by atoms with E-state index in [-0.39, 0.29) is 5.91 Å². The van der Waals surface area contributed by atoms with E-state index in [2.05, 4.69) is 5.32 Å². The Bertz CT molecular complexity index is 631. The minimum absolute atomic E-state index is 0.0541. The van der Waals surface area contributed by atoms with Crippen molar-refractivity contribution in [1.29, 1.82) is 0 Å². The Kier molecular flexibility index (Phi) is 2.40. The number of ether oxygens (including phenoxy) is 2. The van der Waals surface area contributed by atoms with E-state index in [1.807, 2.05) is 22.8 Å². The van der Waals surface area contributed by atoms with Crippen molar-refractivity contribution in [3.63, 3.8) is 0 Å². The van der Waals surface area contributed by atoms with E-state index in [0.29, 0.717) is 12.2 Å². The van der Waals surface area contributed by atoms with Crippen LogP contribution in [0.3, 0.4) is 0 Å². The highest BCUT2D eigenvalue weighted by Gasteiger charge is 2.23. The molecule has 3 rings (SSSR count). The molecule has 18 heavy (non-hydrogen) atoms. The maximum atomic E-state index is 11.8. The van der Waals surface area contributed by atoms with Crippen molar-refractivity contribution in [2.75, 3.05) is 20.8 Å². The number of hydrogen-bond donors (Lipinski definition) is 1. The number of benzene rings is 1. The Morgan fingerprint density at radius 2 is 1.94 bits per heavy atom. The maximum Gasteiger partial charge on any atom is 0.268 e. The normalized spacial score (nSPS) is 14.2. The monoisotopic (exact) mass is 246 g/mol. The Morgan fingerprint density at radius 1 is 1.22 bits per heavy atom. The van der Waals surface area contributed by atoms with Crippen molar-refractivity contribution in [2.45, 2.75) is 6.54 Å². The lowest BCUT2D eigenvalue weighted by Gasteiger charge is -2.17. The molecule has 5 nitrogen and oxygen atoms in total. The minimum atomic E-state index is -0.0541. The van der Waals surface area contributed by atoms with Crippen molar-refractivity contribution < 1.29 is 14.3 Å². The molecule has 1 aromatic carbocycles. The molecule has 94 valence electrons. The summed E-state index contributed by atoms with van der Waals surface area (Å²) in [5.74, 6) is 1.45. The highest BCUT2D eigenvalue weighted by Crippen LogP contribution is 2.36. The summed E-state index contributed by atoms with van der Waals surface area (Å²) in [4.78, 5) is 11.8. The second-order valence-corrected chi connectivity index (χ2v) is 4.17. The van der Waals surface area contributed by atoms with Crippen LogP contribution in [-0.4, -0.2) is 31.2 Å². The first-order valence-corrected chi connectivity index (χ1v) is 5.78. The highest BCUT2D eigenvalue weighted by atomic mass is 16.5. The number of nitrogens with one attached hydrogen (secondary N) is 1. The van der Waals surface area contributed by atoms with Crippen LogP contribution in [0.5, 0.6) is 11.5 Å². The molecule has 5 heteroatoms. The molecule has 1 aliphatic rings. The summed E-state index contributed by atoms with van der Waals surface area (Å²) < 4.78 is 12.7. The number of fused-ring (bicyclic) bond motifs is 3. The molecule has 0 spiro atoms. The van der Waals surface area contributed by atoms with Crippen molar-refractivity contribution in [3.8, 4) is 11.5 Å². The number of hydrogen-bond acceptors (Lipinski definition) is 3. The second kappa shape index (κ2) is 3.94. The summed E-state index contributed by atoms with van der Waals surface area (Å²) in [5, 5.41) is 3.74. The van der Waals surface area contributed by atoms with Gasteiger partial charge in [0.25, 0.3) is 5.91 Å². The third-order valence-electron chi connectivity index (χ3n) is 3.28. The van der Waals surface area contributed by atoms with Crippen molar-refractivity contribution in [2.24, 2.45) is 0 Å². The fraction of sp³-hybridized carbons (Fsp3) is 0.308. The van der Waals surface area contributed by atoms with E-state index in [9.17, 15) is 4.79 Å². The molecule has 0 saturated heterocycles. The molecule has 2 heterocycles. The van der Waals surface area contributed by atoms with Gasteiger partial charge in [-0.2, -0.15) is 0 Å². The molecule has 1 N–H and O–H groups in total. The molecular formula is C13H14N2O3. The Hall–Kier alpha value is -2.17. The summed E-state index contributed by atoms with van der Waals surface area (Å²) in [7, 11) is 3.25. The molecule has 0 unspecified atom stereocenters. The van der Waals surface area contributed by atoms with Crippen molar-refractivity contribution in [1.82, 2.24) is 9.88 Å². The molecule has 0 aliphatic carbocycles. The Morgan fingerprint density at radius 3 is 2.67 bits per heavy atom. The number of carbonyl (C=O) groups is 1. The van der Waals surface area contributed by atoms with Crippen LogP contribution < -0.4 is 14.8 Å². The van der Waals surface area contributed by atoms with E-state index in [4.69, 9.17) is 9.47 Å². The summed E-state index contributed by atoms with van der Waals surface area (Å²) in [6.07, 6.45) is 0. The third kappa shape index (κ3) is 1.37. The number of nitrogens with zero attached hydrogens (tertiary/aromatic N) is 1. The standard InChI is InChI=1S/C13H14N2O3/c1-17-10-3-4-11(18-2)12-8(10)7-9-13(16)14-5-6-15(9)12/h3-4,7H,5-6H2,1-2H3,(H,14,16). The number of rotatable bonds is 2. The molecule has 0 saturated carbocycles. The molecule has 2 aromatic rings. The lowest BCUT2D eigenvalue weighted by atomic mass is 10.2. The first-order chi connectivity index (χ1) is 8.76. The zero-order valence-corrected chi connectivity index (χ0v) is 10.3. The smallest absolute Gasteiger partial charge is 0.268 e. The Labute approximate surface area is 104 Å². The predicted octanol–water partition coefficient (Wildman–Crippen LogP) is 1.40. The predicted molar refractivity (Wildman–Crippen MR) is 67.4 cm³/mol. The Balaban J connectivity index is 2.39. The fourth-order valence-electron chi connectivity index (χ4n) is 2.46. The van der Waals surface area contributed by atoms with E-state index in [1.54, 1.807) is 14.2 Å². The van der Waals surface area contributed by atoms with Gasteiger partial charge in [0.05, 0.1) is 19.7 Å². The molecule has 0 radical (unpaired) electrons. The molecule has 0 bridgehead atoms. The SMILES string of the molecule is COc1ccc(OC)c2c1cc1n2CCNC1=O. The molecule has 1 aromatic heterocycles. The summed E-state index contributed by atoms with van der Waals surface area (Å²) in [5.41, 5.74) is 1.57. The van der Waals surface area contributed by atoms with E-state index in [0.717, 1.165) is 28.9 Å². The minimum Gasteiger partial charge on any atom is -0.496 e. The average molecular weight is 246 g/mol. The zero-order valence-electron chi connectivity index (χ0n) is 10.3. The van der Waals surface area contributed by atoms with Crippen LogP contribution in [0.4, 0.5) is 0 Å². The van der Waals surface area contributed by atoms with Gasteiger partial charge in [-0.25, -0.2) is 0 Å². The number of amides is 1. The van der Waals surface area contributed by atoms with Crippen LogP contribution in [-0.2, 0) is 6.54 Å². The van der Waals surface area contributed by atoms with Gasteiger partial charge in [0.2, 0.25) is 0 Å². The summed E-state index contributed by atoms with van der Waals surface area (Å²) in [6.45, 7) is 1.38. The molecule has 0 atom stereocenters. The lowest BCUT2D eigenvalue weighted by Crippen LogP contribution is -2.34. The van der Waals surface area contributed by atoms with Gasteiger partial charge in [0, 0.05) is 18.5 Å². The first kappa shape index (κ1) is 11.0. The summed E-state index contributed by atoms with van der Waals surface area (Å²) in [6, 6.07) is 5.57. The molecule has 1 amide bonds. The topological polar surface area (TPSA) is 52.5 Å². The van der Waals surface area contributed by atoms with Crippen LogP contribution in [0.1, 0.15) is 10.5 Å². The average Bonchev–Trinajstić information content (AvgIpc) is 2.79. The summed E-state index contributed by atoms with van der Waals surface area (Å²) >= 11 is 0. The second-order valence-electron chi connectivity index (χ2n) is 4.17. The maximum absolute atomic E-state index is 11.8. The lowest BCUT2D eigenvalue weighted by molar-refractivity contribution is 0.0929. The molecular weight excluding hydrogens is 232 g/mol. The molecule has 0 fully saturated rings. The van der Waals surface area contributed by atoms with Gasteiger partial charge in [0.15, 0.2) is 0 Å². The van der Waals surface area contributed by atoms with Gasteiger partial charge in [-0.1, -0.05) is 0 Å². The van der Waals surface area contributed by atoms with Gasteiger partial charge in [0.1, 0.15) is 17.2 Å². The number of aromatic nitrogens is 1. The third-order valence-corrected chi connectivity index (χ3v) is 3.28. The van der Waals surface area contributed by atoms with Gasteiger partial charge < -0.3 is 19.4 Å². The van der Waals surface area contributed by atoms with E-state index >= 15 is 0 Å². The van der Waals surface area contributed by atoms with Crippen molar-refractivity contribution >= 4 is 16.8 Å². The van der Waals surface area contributed by atoms with Gasteiger partial charge >= 0.3 is 0 Å². The quantitative estimate of drug-likeness (QED) is 0.871. The molecule has 1 aliphatic heterocycles. The zero-order chi connectivity index (χ0) is 12.7. The highest BCUT2D eigenvalue weighted by molar-refractivity contribution is 6.02. The first-order valence-electron chi connectivity index (χ1n) is 5.78. The fourth-order valence-corrected chi connectivity index (χ4v) is 2.46. The van der Waals surface area contributed by atoms with Crippen LogP contribution >= 0.6 is 0 Å². The largest absolute Gasteiger partial charge is 0.496 e. The van der Waals surface area contributed by atoms with E-state index in [1.165, 1.54) is 0 Å². The van der Waals surface area contributed by atoms with Gasteiger partial charge in [-0.3, -0.25) is 4.79 Å². The van der Waals surface area contributed by atoms with Crippen LogP contribution in [0.25, 0.3) is 10.9 Å².